The summed E-state index contributed by atoms with van der Waals surface area (Å²) in [6.45, 7) is 5.57. The van der Waals surface area contributed by atoms with Gasteiger partial charge in [0.15, 0.2) is 0 Å². The predicted molar refractivity (Wildman–Crippen MR) is 84.3 cm³/mol. The number of aromatic nitrogens is 3. The van der Waals surface area contributed by atoms with Crippen molar-refractivity contribution in [2.75, 3.05) is 6.54 Å². The van der Waals surface area contributed by atoms with E-state index in [4.69, 9.17) is 0 Å². The molecule has 1 aliphatic rings. The molecule has 1 aliphatic heterocycles. The van der Waals surface area contributed by atoms with E-state index in [1.165, 1.54) is 22.2 Å². The molecule has 21 heavy (non-hydrogen) atoms. The molecule has 0 bridgehead atoms. The first-order valence-corrected chi connectivity index (χ1v) is 7.60. The van der Waals surface area contributed by atoms with E-state index in [1.807, 2.05) is 12.4 Å². The number of H-pyrrole nitrogens is 2. The number of hydrogen-bond acceptors (Lipinski definition) is 2. The third-order valence-corrected chi connectivity index (χ3v) is 4.51. The summed E-state index contributed by atoms with van der Waals surface area (Å²) < 4.78 is 0. The molecule has 0 fully saturated rings. The third-order valence-electron chi connectivity index (χ3n) is 4.51. The van der Waals surface area contributed by atoms with Crippen LogP contribution in [0.4, 0.5) is 0 Å². The third kappa shape index (κ3) is 1.90. The normalized spacial score (nSPS) is 19.3. The second-order valence-corrected chi connectivity index (χ2v) is 6.02. The van der Waals surface area contributed by atoms with Crippen LogP contribution >= 0.6 is 0 Å². The van der Waals surface area contributed by atoms with Crippen molar-refractivity contribution in [1.29, 1.82) is 0 Å². The fourth-order valence-corrected chi connectivity index (χ4v) is 3.54. The van der Waals surface area contributed by atoms with E-state index in [1.54, 1.807) is 0 Å². The molecule has 0 spiro atoms. The van der Waals surface area contributed by atoms with Crippen molar-refractivity contribution in [3.05, 3.63) is 53.7 Å². The minimum absolute atomic E-state index is 0.191. The van der Waals surface area contributed by atoms with Gasteiger partial charge in [0.25, 0.3) is 0 Å². The molecule has 1 aromatic carbocycles. The molecule has 0 saturated heterocycles. The highest BCUT2D eigenvalue weighted by Crippen LogP contribution is 2.37. The maximum absolute atomic E-state index is 4.52. The van der Waals surface area contributed by atoms with Gasteiger partial charge in [-0.1, -0.05) is 18.2 Å². The van der Waals surface area contributed by atoms with Crippen molar-refractivity contribution in [3.63, 3.8) is 0 Å². The molecule has 3 aromatic rings. The average molecular weight is 280 g/mol. The molecule has 108 valence electrons. The number of nitrogens with one attached hydrogen (secondary N) is 2. The summed E-state index contributed by atoms with van der Waals surface area (Å²) in [5.74, 6) is 1.02. The van der Waals surface area contributed by atoms with E-state index in [-0.39, 0.29) is 6.04 Å². The van der Waals surface area contributed by atoms with Crippen LogP contribution in [-0.4, -0.2) is 32.4 Å². The number of aromatic amines is 2. The zero-order valence-corrected chi connectivity index (χ0v) is 12.4. The average Bonchev–Trinajstić information content (AvgIpc) is 3.13. The Labute approximate surface area is 124 Å². The van der Waals surface area contributed by atoms with E-state index in [9.17, 15) is 0 Å². The molecule has 4 rings (SSSR count). The van der Waals surface area contributed by atoms with E-state index in [0.717, 1.165) is 18.8 Å². The number of hydrogen-bond donors (Lipinski definition) is 2. The highest BCUT2D eigenvalue weighted by atomic mass is 15.2. The summed E-state index contributed by atoms with van der Waals surface area (Å²) in [6, 6.07) is 9.26. The fraction of sp³-hybridized carbons (Fsp3) is 0.353. The molecule has 0 unspecified atom stereocenters. The Morgan fingerprint density at radius 3 is 2.90 bits per heavy atom. The lowest BCUT2D eigenvalue weighted by molar-refractivity contribution is 0.160. The summed E-state index contributed by atoms with van der Waals surface area (Å²) in [4.78, 5) is 14.0. The van der Waals surface area contributed by atoms with Gasteiger partial charge in [0.05, 0.1) is 0 Å². The van der Waals surface area contributed by atoms with E-state index >= 15 is 0 Å². The minimum atomic E-state index is 0.191. The molecule has 2 aromatic heterocycles. The molecular weight excluding hydrogens is 260 g/mol. The molecule has 2 N–H and O–H groups in total. The van der Waals surface area contributed by atoms with Gasteiger partial charge >= 0.3 is 0 Å². The highest BCUT2D eigenvalue weighted by molar-refractivity contribution is 5.85. The topological polar surface area (TPSA) is 47.7 Å². The van der Waals surface area contributed by atoms with Gasteiger partial charge in [0.2, 0.25) is 0 Å². The number of imidazole rings is 1. The van der Waals surface area contributed by atoms with Gasteiger partial charge in [0.1, 0.15) is 11.9 Å². The first kappa shape index (κ1) is 12.7. The summed E-state index contributed by atoms with van der Waals surface area (Å²) in [5, 5.41) is 1.35. The minimum Gasteiger partial charge on any atom is -0.356 e. The largest absolute Gasteiger partial charge is 0.356 e. The maximum atomic E-state index is 4.52. The number of nitrogens with zero attached hydrogens (tertiary/aromatic N) is 2. The molecule has 4 heteroatoms. The SMILES string of the molecule is CC(C)N1CCc2c([nH]c3ccccc23)[C@H]1c1ncc[nH]1. The molecule has 0 aliphatic carbocycles. The summed E-state index contributed by atoms with van der Waals surface area (Å²) in [5.41, 5.74) is 3.97. The van der Waals surface area contributed by atoms with Gasteiger partial charge < -0.3 is 9.97 Å². The van der Waals surface area contributed by atoms with Crippen LogP contribution in [0.25, 0.3) is 10.9 Å². The monoisotopic (exact) mass is 280 g/mol. The highest BCUT2D eigenvalue weighted by Gasteiger charge is 2.34. The van der Waals surface area contributed by atoms with Crippen molar-refractivity contribution < 1.29 is 0 Å². The van der Waals surface area contributed by atoms with Crippen molar-refractivity contribution in [2.45, 2.75) is 32.4 Å². The lowest BCUT2D eigenvalue weighted by Gasteiger charge is -2.37. The number of fused-ring (bicyclic) bond motifs is 3. The van der Waals surface area contributed by atoms with Crippen LogP contribution in [0, 0.1) is 0 Å². The molecule has 3 heterocycles. The Kier molecular flexibility index (Phi) is 2.86. The second kappa shape index (κ2) is 4.74. The predicted octanol–water partition coefficient (Wildman–Crippen LogP) is 3.25. The molecule has 0 radical (unpaired) electrons. The van der Waals surface area contributed by atoms with Gasteiger partial charge in [0, 0.05) is 41.6 Å². The Morgan fingerprint density at radius 2 is 2.14 bits per heavy atom. The van der Waals surface area contributed by atoms with Crippen molar-refractivity contribution >= 4 is 10.9 Å². The standard InChI is InChI=1S/C17H20N4/c1-11(2)21-10-7-13-12-5-3-4-6-14(12)20-15(13)16(21)17-18-8-9-19-17/h3-6,8-9,11,16,20H,7,10H2,1-2H3,(H,18,19)/t16-/m0/s1. The Morgan fingerprint density at radius 1 is 1.29 bits per heavy atom. The van der Waals surface area contributed by atoms with E-state index < -0.39 is 0 Å². The Hall–Kier alpha value is -2.07. The quantitative estimate of drug-likeness (QED) is 0.757. The van der Waals surface area contributed by atoms with Crippen LogP contribution in [0.15, 0.2) is 36.7 Å². The maximum Gasteiger partial charge on any atom is 0.129 e. The number of para-hydroxylation sites is 1. The first-order chi connectivity index (χ1) is 10.3. The lowest BCUT2D eigenvalue weighted by Crippen LogP contribution is -2.41. The molecule has 0 saturated carbocycles. The zero-order valence-electron chi connectivity index (χ0n) is 12.4. The Balaban J connectivity index is 1.93. The lowest BCUT2D eigenvalue weighted by atomic mass is 9.95. The van der Waals surface area contributed by atoms with Gasteiger partial charge in [-0.15, -0.1) is 0 Å². The smallest absolute Gasteiger partial charge is 0.129 e. The van der Waals surface area contributed by atoms with Crippen LogP contribution < -0.4 is 0 Å². The Bertz CT molecular complexity index is 754. The van der Waals surface area contributed by atoms with Gasteiger partial charge in [-0.2, -0.15) is 0 Å². The van der Waals surface area contributed by atoms with Gasteiger partial charge in [-0.05, 0) is 31.9 Å². The fourth-order valence-electron chi connectivity index (χ4n) is 3.54. The van der Waals surface area contributed by atoms with Crippen LogP contribution in [0.5, 0.6) is 0 Å². The van der Waals surface area contributed by atoms with Crippen LogP contribution in [0.1, 0.15) is 37.0 Å². The van der Waals surface area contributed by atoms with Crippen molar-refractivity contribution in [3.8, 4) is 0 Å². The molecule has 1 atom stereocenters. The van der Waals surface area contributed by atoms with Crippen molar-refractivity contribution in [2.24, 2.45) is 0 Å². The van der Waals surface area contributed by atoms with E-state index in [2.05, 4.69) is 58.0 Å². The van der Waals surface area contributed by atoms with E-state index in [0.29, 0.717) is 6.04 Å². The van der Waals surface area contributed by atoms with Gasteiger partial charge in [-0.25, -0.2) is 4.98 Å². The van der Waals surface area contributed by atoms with Gasteiger partial charge in [-0.3, -0.25) is 4.90 Å². The van der Waals surface area contributed by atoms with Crippen LogP contribution in [-0.2, 0) is 6.42 Å². The number of rotatable bonds is 2. The summed E-state index contributed by atoms with van der Waals surface area (Å²) >= 11 is 0. The van der Waals surface area contributed by atoms with Crippen LogP contribution in [0.2, 0.25) is 0 Å². The first-order valence-electron chi connectivity index (χ1n) is 7.60. The molecular formula is C17H20N4. The zero-order chi connectivity index (χ0) is 14.4. The molecule has 0 amide bonds. The molecule has 4 nitrogen and oxygen atoms in total. The number of benzene rings is 1. The second-order valence-electron chi connectivity index (χ2n) is 6.02. The summed E-state index contributed by atoms with van der Waals surface area (Å²) in [7, 11) is 0. The van der Waals surface area contributed by atoms with Crippen molar-refractivity contribution in [1.82, 2.24) is 19.9 Å². The van der Waals surface area contributed by atoms with Crippen LogP contribution in [0.3, 0.4) is 0 Å². The summed E-state index contributed by atoms with van der Waals surface area (Å²) in [6.07, 6.45) is 4.84.